The van der Waals surface area contributed by atoms with E-state index in [1.54, 1.807) is 0 Å². The number of amides is 3. The topological polar surface area (TPSA) is 174 Å². The summed E-state index contributed by atoms with van der Waals surface area (Å²) in [7, 11) is -4.73. The highest BCUT2D eigenvalue weighted by molar-refractivity contribution is 7.84. The monoisotopic (exact) mass is 497 g/mol. The summed E-state index contributed by atoms with van der Waals surface area (Å²) in [5.41, 5.74) is -1.26. The van der Waals surface area contributed by atoms with Gasteiger partial charge in [0.1, 0.15) is 6.10 Å². The Hall–Kier alpha value is -1.43. The maximum absolute atomic E-state index is 12.0. The molecule has 0 bridgehead atoms. The number of carbonyl (C=O) groups is 3. The van der Waals surface area contributed by atoms with Gasteiger partial charge in [-0.15, -0.1) is 12.6 Å². The first-order valence-corrected chi connectivity index (χ1v) is 12.4. The van der Waals surface area contributed by atoms with Crippen LogP contribution in [0.2, 0.25) is 0 Å². The molecule has 0 fully saturated rings. The number of phosphoric acid groups is 1. The van der Waals surface area contributed by atoms with Crippen molar-refractivity contribution in [3.8, 4) is 0 Å². The number of allylic oxidation sites excluding steroid dienone is 1. The van der Waals surface area contributed by atoms with Crippen LogP contribution in [0.3, 0.4) is 0 Å². The van der Waals surface area contributed by atoms with Crippen molar-refractivity contribution in [2.45, 2.75) is 59.0 Å². The Labute approximate surface area is 194 Å². The summed E-state index contributed by atoms with van der Waals surface area (Å²) >= 11 is 4.27. The second-order valence-electron chi connectivity index (χ2n) is 7.93. The third-order valence-corrected chi connectivity index (χ3v) is 5.14. The molecule has 11 nitrogen and oxygen atoms in total. The van der Waals surface area contributed by atoms with E-state index in [1.165, 1.54) is 19.9 Å². The SMILES string of the molecule is CCCCC/C(S)=C/C(=O)NCCNC(=O)CCNC(=O)[C@H](O)C(C)(C)COP(=O)(O)O. The summed E-state index contributed by atoms with van der Waals surface area (Å²) in [6.07, 6.45) is 3.66. The van der Waals surface area contributed by atoms with Crippen LogP contribution in [0.25, 0.3) is 0 Å². The molecule has 13 heteroatoms. The molecule has 0 spiro atoms. The molecule has 0 rings (SSSR count). The summed E-state index contributed by atoms with van der Waals surface area (Å²) in [5.74, 6) is -1.44. The highest BCUT2D eigenvalue weighted by atomic mass is 32.1. The summed E-state index contributed by atoms with van der Waals surface area (Å²) < 4.78 is 15.1. The van der Waals surface area contributed by atoms with E-state index in [4.69, 9.17) is 9.79 Å². The van der Waals surface area contributed by atoms with Crippen molar-refractivity contribution in [1.82, 2.24) is 16.0 Å². The fraction of sp³-hybridized carbons (Fsp3) is 0.737. The molecule has 0 saturated carbocycles. The molecular formula is C19H36N3O8PS. The van der Waals surface area contributed by atoms with Crippen LogP contribution in [-0.4, -0.2) is 65.0 Å². The molecule has 0 heterocycles. The standard InChI is InChI=1S/C19H36N3O8PS/c1-4-5-6-7-14(32)12-16(24)21-11-10-20-15(23)8-9-22-18(26)17(25)19(2,3)13-30-31(27,28)29/h12,17,25,32H,4-11,13H2,1-3H3,(H,20,23)(H,21,24)(H,22,26)(H2,27,28,29)/b14-12-/t17-/m0/s1. The maximum Gasteiger partial charge on any atom is 0.469 e. The quantitative estimate of drug-likeness (QED) is 0.0703. The van der Waals surface area contributed by atoms with Gasteiger partial charge >= 0.3 is 7.82 Å². The van der Waals surface area contributed by atoms with Crippen LogP contribution in [0, 0.1) is 5.41 Å². The van der Waals surface area contributed by atoms with Crippen LogP contribution in [0.5, 0.6) is 0 Å². The van der Waals surface area contributed by atoms with Crippen LogP contribution < -0.4 is 16.0 Å². The van der Waals surface area contributed by atoms with Gasteiger partial charge in [-0.05, 0) is 17.7 Å². The summed E-state index contributed by atoms with van der Waals surface area (Å²) in [4.78, 5) is 53.7. The molecule has 0 aliphatic carbocycles. The average molecular weight is 498 g/mol. The van der Waals surface area contributed by atoms with Crippen molar-refractivity contribution in [3.63, 3.8) is 0 Å². The van der Waals surface area contributed by atoms with Crippen LogP contribution >= 0.6 is 20.5 Å². The van der Waals surface area contributed by atoms with Crippen molar-refractivity contribution >= 4 is 38.2 Å². The van der Waals surface area contributed by atoms with Gasteiger partial charge in [0.15, 0.2) is 0 Å². The molecule has 0 unspecified atom stereocenters. The maximum atomic E-state index is 12.0. The molecule has 0 aliphatic heterocycles. The van der Waals surface area contributed by atoms with Gasteiger partial charge in [0, 0.05) is 37.5 Å². The van der Waals surface area contributed by atoms with Crippen molar-refractivity contribution < 1.29 is 38.4 Å². The smallest absolute Gasteiger partial charge is 0.383 e. The van der Waals surface area contributed by atoms with Gasteiger partial charge in [0.25, 0.3) is 0 Å². The second kappa shape index (κ2) is 15.4. The first kappa shape index (κ1) is 30.6. The Morgan fingerprint density at radius 3 is 2.28 bits per heavy atom. The van der Waals surface area contributed by atoms with Gasteiger partial charge in [0.2, 0.25) is 17.7 Å². The van der Waals surface area contributed by atoms with Gasteiger partial charge in [-0.2, -0.15) is 0 Å². The van der Waals surface area contributed by atoms with Gasteiger partial charge in [0.05, 0.1) is 6.61 Å². The van der Waals surface area contributed by atoms with E-state index < -0.39 is 31.9 Å². The fourth-order valence-corrected chi connectivity index (χ4v) is 3.16. The van der Waals surface area contributed by atoms with Crippen LogP contribution in [0.4, 0.5) is 0 Å². The van der Waals surface area contributed by atoms with E-state index >= 15 is 0 Å². The fourth-order valence-electron chi connectivity index (χ4n) is 2.39. The van der Waals surface area contributed by atoms with E-state index in [0.29, 0.717) is 4.91 Å². The average Bonchev–Trinajstić information content (AvgIpc) is 2.68. The zero-order chi connectivity index (χ0) is 24.8. The minimum atomic E-state index is -4.73. The number of nitrogens with one attached hydrogen (secondary N) is 3. The number of aliphatic hydroxyl groups excluding tert-OH is 1. The largest absolute Gasteiger partial charge is 0.469 e. The Morgan fingerprint density at radius 2 is 1.69 bits per heavy atom. The van der Waals surface area contributed by atoms with E-state index in [-0.39, 0.29) is 37.9 Å². The lowest BCUT2D eigenvalue weighted by Crippen LogP contribution is -2.46. The minimum absolute atomic E-state index is 0.0486. The number of carbonyl (C=O) groups excluding carboxylic acids is 3. The first-order chi connectivity index (χ1) is 14.8. The molecule has 3 amide bonds. The van der Waals surface area contributed by atoms with Crippen molar-refractivity contribution in [1.29, 1.82) is 0 Å². The van der Waals surface area contributed by atoms with Crippen LogP contribution in [-0.2, 0) is 23.5 Å². The first-order valence-electron chi connectivity index (χ1n) is 10.4. The number of rotatable bonds is 16. The Balaban J connectivity index is 4.10. The third kappa shape index (κ3) is 15.4. The number of unbranched alkanes of at least 4 members (excludes halogenated alkanes) is 2. The van der Waals surface area contributed by atoms with Crippen LogP contribution in [0.1, 0.15) is 52.9 Å². The minimum Gasteiger partial charge on any atom is -0.383 e. The zero-order valence-electron chi connectivity index (χ0n) is 18.8. The van der Waals surface area contributed by atoms with E-state index in [0.717, 1.165) is 25.7 Å². The Bertz CT molecular complexity index is 696. The van der Waals surface area contributed by atoms with E-state index in [1.807, 2.05) is 0 Å². The third-order valence-electron chi connectivity index (χ3n) is 4.33. The number of hydrogen-bond acceptors (Lipinski definition) is 7. The van der Waals surface area contributed by atoms with Gasteiger partial charge < -0.3 is 30.8 Å². The highest BCUT2D eigenvalue weighted by Gasteiger charge is 2.35. The van der Waals surface area contributed by atoms with Gasteiger partial charge in [-0.25, -0.2) is 4.57 Å². The highest BCUT2D eigenvalue weighted by Crippen LogP contribution is 2.38. The molecule has 0 radical (unpaired) electrons. The number of phosphoric ester groups is 1. The number of aliphatic hydroxyl groups is 1. The normalized spacial score (nSPS) is 13.4. The molecule has 186 valence electrons. The summed E-state index contributed by atoms with van der Waals surface area (Å²) in [6, 6.07) is 0. The Morgan fingerprint density at radius 1 is 1.06 bits per heavy atom. The van der Waals surface area contributed by atoms with Gasteiger partial charge in [-0.1, -0.05) is 33.6 Å². The molecule has 32 heavy (non-hydrogen) atoms. The van der Waals surface area contributed by atoms with Crippen molar-refractivity contribution in [2.24, 2.45) is 5.41 Å². The van der Waals surface area contributed by atoms with E-state index in [2.05, 4.69) is 40.0 Å². The molecule has 0 aromatic carbocycles. The summed E-state index contributed by atoms with van der Waals surface area (Å²) in [6.45, 7) is 4.76. The number of hydrogen-bond donors (Lipinski definition) is 7. The van der Waals surface area contributed by atoms with Gasteiger partial charge in [-0.3, -0.25) is 18.9 Å². The molecule has 6 N–H and O–H groups in total. The lowest BCUT2D eigenvalue weighted by Gasteiger charge is -2.29. The zero-order valence-corrected chi connectivity index (χ0v) is 20.6. The van der Waals surface area contributed by atoms with Crippen molar-refractivity contribution in [3.05, 3.63) is 11.0 Å². The molecule has 0 aliphatic rings. The number of thiol groups is 1. The molecule has 1 atom stereocenters. The van der Waals surface area contributed by atoms with Crippen molar-refractivity contribution in [2.75, 3.05) is 26.2 Å². The molecule has 0 aromatic heterocycles. The second-order valence-corrected chi connectivity index (χ2v) is 9.74. The Kier molecular flexibility index (Phi) is 14.7. The molecule has 0 aromatic rings. The molecular weight excluding hydrogens is 461 g/mol. The van der Waals surface area contributed by atoms with Crippen LogP contribution in [0.15, 0.2) is 11.0 Å². The predicted molar refractivity (Wildman–Crippen MR) is 123 cm³/mol. The lowest BCUT2D eigenvalue weighted by molar-refractivity contribution is -0.137. The van der Waals surface area contributed by atoms with E-state index in [9.17, 15) is 24.1 Å². The predicted octanol–water partition coefficient (Wildman–Crippen LogP) is 0.616. The lowest BCUT2D eigenvalue weighted by atomic mass is 9.87. The molecule has 0 saturated heterocycles. The summed E-state index contributed by atoms with van der Waals surface area (Å²) in [5, 5.41) is 17.7.